The number of hydrogen-bond donors (Lipinski definition) is 2. The maximum Gasteiger partial charge on any atom is 0.324 e. The van der Waals surface area contributed by atoms with Gasteiger partial charge in [-0.1, -0.05) is 0 Å². The van der Waals surface area contributed by atoms with E-state index < -0.39 is 0 Å². The number of rotatable bonds is 5. The van der Waals surface area contributed by atoms with Crippen LogP contribution in [0.1, 0.15) is 12.8 Å². The summed E-state index contributed by atoms with van der Waals surface area (Å²) in [5.41, 5.74) is 0.510. The van der Waals surface area contributed by atoms with Crippen molar-refractivity contribution < 1.29 is 28.6 Å². The Kier molecular flexibility index (Phi) is 5.76. The van der Waals surface area contributed by atoms with Crippen LogP contribution < -0.4 is 24.8 Å². The van der Waals surface area contributed by atoms with E-state index in [0.717, 1.165) is 0 Å². The minimum Gasteiger partial charge on any atom is -0.493 e. The molecular formula is C18H24N4O6. The van der Waals surface area contributed by atoms with Gasteiger partial charge >= 0.3 is 12.1 Å². The number of likely N-dealkylation sites (tertiary alicyclic amines) is 1. The summed E-state index contributed by atoms with van der Waals surface area (Å²) in [4.78, 5) is 39.2. The number of nitrogens with one attached hydrogen (secondary N) is 2. The third-order valence-corrected chi connectivity index (χ3v) is 4.91. The Balaban J connectivity index is 1.63. The molecule has 0 aliphatic carbocycles. The summed E-state index contributed by atoms with van der Waals surface area (Å²) in [7, 11) is 4.51. The van der Waals surface area contributed by atoms with Gasteiger partial charge in [-0.2, -0.15) is 0 Å². The van der Waals surface area contributed by atoms with Gasteiger partial charge in [-0.15, -0.1) is 0 Å². The van der Waals surface area contributed by atoms with Gasteiger partial charge in [-0.3, -0.25) is 9.69 Å². The third-order valence-electron chi connectivity index (χ3n) is 4.91. The molecule has 5 amide bonds. The lowest BCUT2D eigenvalue weighted by molar-refractivity contribution is -0.127. The first kappa shape index (κ1) is 19.6. The van der Waals surface area contributed by atoms with Crippen molar-refractivity contribution in [1.82, 2.24) is 15.1 Å². The van der Waals surface area contributed by atoms with Gasteiger partial charge in [0, 0.05) is 31.3 Å². The Morgan fingerprint density at radius 2 is 1.68 bits per heavy atom. The lowest BCUT2D eigenvalue weighted by atomic mass is 10.0. The van der Waals surface area contributed by atoms with Gasteiger partial charge in [0.2, 0.25) is 11.7 Å². The molecule has 0 radical (unpaired) electrons. The van der Waals surface area contributed by atoms with Crippen molar-refractivity contribution in [2.45, 2.75) is 18.9 Å². The molecule has 0 spiro atoms. The molecule has 0 aromatic heterocycles. The molecule has 2 saturated heterocycles. The van der Waals surface area contributed by atoms with Gasteiger partial charge in [0.05, 0.1) is 33.6 Å². The van der Waals surface area contributed by atoms with Gasteiger partial charge in [0.1, 0.15) is 0 Å². The number of urea groups is 2. The minimum atomic E-state index is -0.356. The Morgan fingerprint density at radius 1 is 1.07 bits per heavy atom. The van der Waals surface area contributed by atoms with Crippen LogP contribution in [0.5, 0.6) is 17.2 Å². The van der Waals surface area contributed by atoms with Crippen LogP contribution in [0, 0.1) is 0 Å². The maximum atomic E-state index is 12.6. The molecule has 2 fully saturated rings. The molecule has 0 saturated carbocycles. The van der Waals surface area contributed by atoms with Crippen molar-refractivity contribution in [2.75, 3.05) is 46.3 Å². The zero-order valence-electron chi connectivity index (χ0n) is 16.1. The molecule has 2 aliphatic heterocycles. The fraction of sp³-hybridized carbons (Fsp3) is 0.500. The molecule has 1 aromatic carbocycles. The van der Waals surface area contributed by atoms with Crippen LogP contribution in [0.15, 0.2) is 12.1 Å². The summed E-state index contributed by atoms with van der Waals surface area (Å²) in [6.45, 7) is 0.927. The van der Waals surface area contributed by atoms with Crippen LogP contribution in [0.4, 0.5) is 15.3 Å². The van der Waals surface area contributed by atoms with E-state index in [2.05, 4.69) is 10.6 Å². The molecule has 3 rings (SSSR count). The normalized spacial score (nSPS) is 17.4. The monoisotopic (exact) mass is 392 g/mol. The van der Waals surface area contributed by atoms with E-state index in [1.807, 2.05) is 0 Å². The van der Waals surface area contributed by atoms with Crippen LogP contribution in [-0.2, 0) is 4.79 Å². The molecule has 2 heterocycles. The molecule has 10 nitrogen and oxygen atoms in total. The smallest absolute Gasteiger partial charge is 0.324 e. The number of anilines is 1. The number of carbonyl (C=O) groups is 3. The summed E-state index contributed by atoms with van der Waals surface area (Å²) < 4.78 is 15.9. The summed E-state index contributed by atoms with van der Waals surface area (Å²) >= 11 is 0. The van der Waals surface area contributed by atoms with E-state index in [4.69, 9.17) is 14.2 Å². The number of nitrogens with zero attached hydrogens (tertiary/aromatic N) is 2. The molecule has 1 aromatic rings. The second-order valence-electron chi connectivity index (χ2n) is 6.48. The lowest BCUT2D eigenvalue weighted by Gasteiger charge is -2.35. The molecule has 0 bridgehead atoms. The van der Waals surface area contributed by atoms with E-state index >= 15 is 0 Å². The molecule has 28 heavy (non-hydrogen) atoms. The fourth-order valence-electron chi connectivity index (χ4n) is 3.49. The van der Waals surface area contributed by atoms with Crippen molar-refractivity contribution in [3.8, 4) is 17.2 Å². The Morgan fingerprint density at radius 3 is 2.14 bits per heavy atom. The second kappa shape index (κ2) is 8.24. The topological polar surface area (TPSA) is 109 Å². The molecule has 10 heteroatoms. The molecule has 152 valence electrons. The van der Waals surface area contributed by atoms with Crippen molar-refractivity contribution in [3.63, 3.8) is 0 Å². The Bertz CT molecular complexity index is 734. The number of methoxy groups -OCH3 is 3. The third kappa shape index (κ3) is 3.75. The van der Waals surface area contributed by atoms with Crippen molar-refractivity contribution in [2.24, 2.45) is 0 Å². The molecule has 2 N–H and O–H groups in total. The molecule has 0 unspecified atom stereocenters. The highest BCUT2D eigenvalue weighted by Gasteiger charge is 2.37. The number of amides is 5. The van der Waals surface area contributed by atoms with Gasteiger partial charge in [0.25, 0.3) is 0 Å². The second-order valence-corrected chi connectivity index (χ2v) is 6.48. The predicted molar refractivity (Wildman–Crippen MR) is 100.0 cm³/mol. The summed E-state index contributed by atoms with van der Waals surface area (Å²) in [5, 5.41) is 5.35. The molecular weight excluding hydrogens is 368 g/mol. The number of carbonyl (C=O) groups excluding carboxylic acids is 3. The first-order valence-electron chi connectivity index (χ1n) is 8.94. The van der Waals surface area contributed by atoms with Crippen molar-refractivity contribution in [3.05, 3.63) is 12.1 Å². The van der Waals surface area contributed by atoms with E-state index in [-0.39, 0.29) is 30.6 Å². The van der Waals surface area contributed by atoms with Crippen LogP contribution in [0.25, 0.3) is 0 Å². The van der Waals surface area contributed by atoms with Crippen molar-refractivity contribution in [1.29, 1.82) is 0 Å². The van der Waals surface area contributed by atoms with Gasteiger partial charge in [0.15, 0.2) is 11.5 Å². The number of benzene rings is 1. The number of piperidine rings is 1. The number of ether oxygens (including phenoxy) is 3. The first-order chi connectivity index (χ1) is 13.5. The summed E-state index contributed by atoms with van der Waals surface area (Å²) in [6.07, 6.45) is 1.09. The number of imide groups is 1. The Labute approximate surface area is 162 Å². The molecule has 0 atom stereocenters. The summed E-state index contributed by atoms with van der Waals surface area (Å²) in [6, 6.07) is 2.49. The van der Waals surface area contributed by atoms with Crippen molar-refractivity contribution >= 4 is 23.7 Å². The van der Waals surface area contributed by atoms with Crippen LogP contribution in [0.2, 0.25) is 0 Å². The van der Waals surface area contributed by atoms with Crippen LogP contribution in [-0.4, -0.2) is 74.8 Å². The SMILES string of the molecule is COc1cc(NC(=O)N2CCC(N3C(=O)CNC3=O)CC2)cc(OC)c1OC. The average molecular weight is 392 g/mol. The van der Waals surface area contributed by atoms with E-state index in [1.165, 1.54) is 26.2 Å². The highest BCUT2D eigenvalue weighted by atomic mass is 16.5. The standard InChI is InChI=1S/C18H24N4O6/c1-26-13-8-11(9-14(27-2)16(13)28-3)20-18(25)21-6-4-12(5-7-21)22-15(23)10-19-17(22)24/h8-9,12H,4-7,10H2,1-3H3,(H,19,24)(H,20,25). The zero-order chi connectivity index (χ0) is 20.3. The minimum absolute atomic E-state index is 0.0423. The lowest BCUT2D eigenvalue weighted by Crippen LogP contribution is -2.49. The van der Waals surface area contributed by atoms with Crippen LogP contribution in [0.3, 0.4) is 0 Å². The van der Waals surface area contributed by atoms with Crippen LogP contribution >= 0.6 is 0 Å². The summed E-state index contributed by atoms with van der Waals surface area (Å²) in [5.74, 6) is 1.10. The highest BCUT2D eigenvalue weighted by Crippen LogP contribution is 2.40. The first-order valence-corrected chi connectivity index (χ1v) is 8.94. The maximum absolute atomic E-state index is 12.6. The van der Waals surface area contributed by atoms with E-state index in [1.54, 1.807) is 17.0 Å². The highest BCUT2D eigenvalue weighted by molar-refractivity contribution is 6.02. The average Bonchev–Trinajstić information content (AvgIpc) is 3.05. The van der Waals surface area contributed by atoms with Gasteiger partial charge in [-0.05, 0) is 12.8 Å². The molecule has 2 aliphatic rings. The van der Waals surface area contributed by atoms with E-state index in [9.17, 15) is 14.4 Å². The van der Waals surface area contributed by atoms with Gasteiger partial charge in [-0.25, -0.2) is 9.59 Å². The zero-order valence-corrected chi connectivity index (χ0v) is 16.1. The van der Waals surface area contributed by atoms with E-state index in [0.29, 0.717) is 48.9 Å². The Hall–Kier alpha value is -3.17. The fourth-order valence-corrected chi connectivity index (χ4v) is 3.49. The quantitative estimate of drug-likeness (QED) is 0.730. The largest absolute Gasteiger partial charge is 0.493 e. The number of hydrogen-bond acceptors (Lipinski definition) is 6. The van der Waals surface area contributed by atoms with Gasteiger partial charge < -0.3 is 29.7 Å². The predicted octanol–water partition coefficient (Wildman–Crippen LogP) is 1.26.